The van der Waals surface area contributed by atoms with Crippen LogP contribution in [0.4, 0.5) is 11.4 Å². The highest BCUT2D eigenvalue weighted by molar-refractivity contribution is 5.58. The van der Waals surface area contributed by atoms with Gasteiger partial charge in [-0.3, -0.25) is 10.1 Å². The van der Waals surface area contributed by atoms with Crippen molar-refractivity contribution in [3.8, 4) is 5.75 Å². The first-order chi connectivity index (χ1) is 10.1. The minimum atomic E-state index is -0.389. The third-order valence-corrected chi connectivity index (χ3v) is 3.23. The number of nitro benzene ring substituents is 1. The molecule has 0 saturated heterocycles. The van der Waals surface area contributed by atoms with Crippen molar-refractivity contribution < 1.29 is 9.66 Å². The van der Waals surface area contributed by atoms with Gasteiger partial charge in [0.25, 0.3) is 5.69 Å². The number of hydrogen-bond donors (Lipinski definition) is 1. The number of nitrogens with zero attached hydrogens (tertiary/aromatic N) is 1. The molecular formula is C16H18N2O3. The second-order valence-electron chi connectivity index (χ2n) is 4.80. The number of benzene rings is 2. The molecule has 0 aliphatic heterocycles. The van der Waals surface area contributed by atoms with E-state index in [1.54, 1.807) is 19.2 Å². The lowest BCUT2D eigenvalue weighted by Gasteiger charge is -2.12. The Labute approximate surface area is 123 Å². The summed E-state index contributed by atoms with van der Waals surface area (Å²) in [6, 6.07) is 12.6. The molecule has 0 fully saturated rings. The van der Waals surface area contributed by atoms with E-state index in [4.69, 9.17) is 4.74 Å². The van der Waals surface area contributed by atoms with Gasteiger partial charge in [-0.2, -0.15) is 0 Å². The molecule has 0 aliphatic rings. The van der Waals surface area contributed by atoms with E-state index in [-0.39, 0.29) is 10.6 Å². The van der Waals surface area contributed by atoms with Gasteiger partial charge in [-0.25, -0.2) is 0 Å². The second-order valence-corrected chi connectivity index (χ2v) is 4.80. The van der Waals surface area contributed by atoms with Crippen molar-refractivity contribution in [2.24, 2.45) is 0 Å². The molecule has 2 rings (SSSR count). The topological polar surface area (TPSA) is 64.4 Å². The summed E-state index contributed by atoms with van der Waals surface area (Å²) in [4.78, 5) is 10.2. The summed E-state index contributed by atoms with van der Waals surface area (Å²) in [5.74, 6) is 0.810. The number of aryl methyl sites for hydroxylation is 1. The highest BCUT2D eigenvalue weighted by Gasteiger charge is 2.05. The molecule has 0 aliphatic carbocycles. The van der Waals surface area contributed by atoms with Gasteiger partial charge in [0.05, 0.1) is 17.7 Å². The predicted molar refractivity (Wildman–Crippen MR) is 83.0 cm³/mol. The number of nitrogens with one attached hydrogen (secondary N) is 1. The van der Waals surface area contributed by atoms with E-state index < -0.39 is 0 Å². The Kier molecular flexibility index (Phi) is 4.77. The zero-order valence-electron chi connectivity index (χ0n) is 12.1. The molecule has 1 N–H and O–H groups in total. The zero-order chi connectivity index (χ0) is 15.2. The molecule has 5 nitrogen and oxygen atoms in total. The molecule has 0 unspecified atom stereocenters. The van der Waals surface area contributed by atoms with E-state index in [1.165, 1.54) is 12.1 Å². The zero-order valence-corrected chi connectivity index (χ0v) is 12.1. The van der Waals surface area contributed by atoms with E-state index in [1.807, 2.05) is 25.1 Å². The van der Waals surface area contributed by atoms with Gasteiger partial charge in [-0.15, -0.1) is 0 Å². The number of ether oxygens (including phenoxy) is 1. The molecule has 0 atom stereocenters. The molecule has 2 aromatic rings. The summed E-state index contributed by atoms with van der Waals surface area (Å²) in [5.41, 5.74) is 3.29. The van der Waals surface area contributed by atoms with E-state index >= 15 is 0 Å². The van der Waals surface area contributed by atoms with Crippen LogP contribution in [0.5, 0.6) is 5.75 Å². The summed E-state index contributed by atoms with van der Waals surface area (Å²) in [6.45, 7) is 2.76. The standard InChI is InChI=1S/C16H18N2O3/c1-12-3-8-16(21-2)15(11-12)17-10-9-13-4-6-14(7-5-13)18(19)20/h3-8,11,17H,9-10H2,1-2H3. The van der Waals surface area contributed by atoms with Crippen molar-refractivity contribution in [1.82, 2.24) is 0 Å². The fraction of sp³-hybridized carbons (Fsp3) is 0.250. The SMILES string of the molecule is COc1ccc(C)cc1NCCc1ccc([N+](=O)[O-])cc1. The Morgan fingerprint density at radius 1 is 1.19 bits per heavy atom. The Morgan fingerprint density at radius 3 is 2.52 bits per heavy atom. The summed E-state index contributed by atoms with van der Waals surface area (Å²) in [5, 5.41) is 13.9. The van der Waals surface area contributed by atoms with E-state index in [0.29, 0.717) is 0 Å². The van der Waals surface area contributed by atoms with Crippen molar-refractivity contribution in [2.45, 2.75) is 13.3 Å². The fourth-order valence-electron chi connectivity index (χ4n) is 2.09. The Morgan fingerprint density at radius 2 is 1.90 bits per heavy atom. The minimum Gasteiger partial charge on any atom is -0.495 e. The van der Waals surface area contributed by atoms with Gasteiger partial charge in [0.1, 0.15) is 5.75 Å². The van der Waals surface area contributed by atoms with E-state index in [2.05, 4.69) is 5.32 Å². The number of rotatable bonds is 6. The van der Waals surface area contributed by atoms with Gasteiger partial charge in [0.15, 0.2) is 0 Å². The van der Waals surface area contributed by atoms with Gasteiger partial charge in [-0.05, 0) is 36.6 Å². The van der Waals surface area contributed by atoms with Crippen molar-refractivity contribution >= 4 is 11.4 Å². The van der Waals surface area contributed by atoms with Crippen LogP contribution in [-0.4, -0.2) is 18.6 Å². The summed E-state index contributed by atoms with van der Waals surface area (Å²) < 4.78 is 5.31. The number of non-ortho nitro benzene ring substituents is 1. The van der Waals surface area contributed by atoms with Crippen molar-refractivity contribution in [2.75, 3.05) is 19.0 Å². The second kappa shape index (κ2) is 6.74. The third kappa shape index (κ3) is 3.95. The Bertz CT molecular complexity index is 624. The number of anilines is 1. The monoisotopic (exact) mass is 286 g/mol. The Hall–Kier alpha value is -2.56. The Balaban J connectivity index is 1.95. The van der Waals surface area contributed by atoms with Gasteiger partial charge in [0, 0.05) is 18.7 Å². The van der Waals surface area contributed by atoms with Crippen LogP contribution < -0.4 is 10.1 Å². The first-order valence-electron chi connectivity index (χ1n) is 6.72. The number of methoxy groups -OCH3 is 1. The molecule has 2 aromatic carbocycles. The molecule has 110 valence electrons. The molecule has 21 heavy (non-hydrogen) atoms. The van der Waals surface area contributed by atoms with Crippen molar-refractivity contribution in [3.05, 3.63) is 63.7 Å². The smallest absolute Gasteiger partial charge is 0.269 e. The van der Waals surface area contributed by atoms with Crippen LogP contribution in [0.25, 0.3) is 0 Å². The number of hydrogen-bond acceptors (Lipinski definition) is 4. The molecule has 0 heterocycles. The number of nitro groups is 1. The summed E-state index contributed by atoms with van der Waals surface area (Å²) >= 11 is 0. The van der Waals surface area contributed by atoms with Gasteiger partial charge >= 0.3 is 0 Å². The van der Waals surface area contributed by atoms with E-state index in [0.717, 1.165) is 35.5 Å². The van der Waals surface area contributed by atoms with Crippen LogP contribution in [0.2, 0.25) is 0 Å². The normalized spacial score (nSPS) is 10.2. The fourth-order valence-corrected chi connectivity index (χ4v) is 2.09. The van der Waals surface area contributed by atoms with Gasteiger partial charge in [-0.1, -0.05) is 18.2 Å². The maximum atomic E-state index is 10.6. The van der Waals surface area contributed by atoms with Crippen molar-refractivity contribution in [1.29, 1.82) is 0 Å². The maximum absolute atomic E-state index is 10.6. The molecule has 0 radical (unpaired) electrons. The quantitative estimate of drug-likeness (QED) is 0.651. The van der Waals surface area contributed by atoms with E-state index in [9.17, 15) is 10.1 Å². The summed E-state index contributed by atoms with van der Waals surface area (Å²) in [6.07, 6.45) is 0.787. The maximum Gasteiger partial charge on any atom is 0.269 e. The van der Waals surface area contributed by atoms with Crippen LogP contribution in [-0.2, 0) is 6.42 Å². The average molecular weight is 286 g/mol. The first kappa shape index (κ1) is 14.8. The lowest BCUT2D eigenvalue weighted by atomic mass is 10.1. The van der Waals surface area contributed by atoms with Crippen LogP contribution in [0.15, 0.2) is 42.5 Å². The molecule has 0 spiro atoms. The third-order valence-electron chi connectivity index (χ3n) is 3.23. The molecular weight excluding hydrogens is 268 g/mol. The highest BCUT2D eigenvalue weighted by atomic mass is 16.6. The van der Waals surface area contributed by atoms with Gasteiger partial charge in [0.2, 0.25) is 0 Å². The molecule has 0 aromatic heterocycles. The lowest BCUT2D eigenvalue weighted by Crippen LogP contribution is -2.06. The average Bonchev–Trinajstić information content (AvgIpc) is 2.48. The molecule has 0 saturated carbocycles. The minimum absolute atomic E-state index is 0.118. The largest absolute Gasteiger partial charge is 0.495 e. The first-order valence-corrected chi connectivity index (χ1v) is 6.72. The van der Waals surface area contributed by atoms with Crippen molar-refractivity contribution in [3.63, 3.8) is 0 Å². The van der Waals surface area contributed by atoms with Crippen LogP contribution >= 0.6 is 0 Å². The lowest BCUT2D eigenvalue weighted by molar-refractivity contribution is -0.384. The molecule has 0 amide bonds. The molecule has 0 bridgehead atoms. The predicted octanol–water partition coefficient (Wildman–Crippen LogP) is 3.57. The molecule has 5 heteroatoms. The van der Waals surface area contributed by atoms with Crippen LogP contribution in [0.1, 0.15) is 11.1 Å². The highest BCUT2D eigenvalue weighted by Crippen LogP contribution is 2.25. The van der Waals surface area contributed by atoms with Crippen LogP contribution in [0, 0.1) is 17.0 Å². The summed E-state index contributed by atoms with van der Waals surface area (Å²) in [7, 11) is 1.65. The van der Waals surface area contributed by atoms with Gasteiger partial charge < -0.3 is 10.1 Å². The van der Waals surface area contributed by atoms with Crippen LogP contribution in [0.3, 0.4) is 0 Å².